The maximum atomic E-state index is 11.1. The monoisotopic (exact) mass is 271 g/mol. The molecule has 0 radical (unpaired) electrons. The van der Waals surface area contributed by atoms with Gasteiger partial charge in [-0.05, 0) is 17.7 Å². The van der Waals surface area contributed by atoms with Gasteiger partial charge in [0.2, 0.25) is 5.91 Å². The summed E-state index contributed by atoms with van der Waals surface area (Å²) in [7, 11) is 1.55. The number of carboxylic acids is 1. The van der Waals surface area contributed by atoms with Crippen LogP contribution in [0, 0.1) is 0 Å². The van der Waals surface area contributed by atoms with E-state index in [1.165, 1.54) is 0 Å². The lowest BCUT2D eigenvalue weighted by Gasteiger charge is -2.13. The maximum absolute atomic E-state index is 11.1. The Labute approximate surface area is 110 Å². The Bertz CT molecular complexity index is 419. The number of rotatable bonds is 6. The molecule has 0 unspecified atom stereocenters. The van der Waals surface area contributed by atoms with Crippen LogP contribution in [0.3, 0.4) is 0 Å². The van der Waals surface area contributed by atoms with E-state index in [9.17, 15) is 9.59 Å². The van der Waals surface area contributed by atoms with Gasteiger partial charge in [-0.2, -0.15) is 0 Å². The number of carbonyl (C=O) groups is 2. The first-order valence-corrected chi connectivity index (χ1v) is 5.81. The van der Waals surface area contributed by atoms with Crippen LogP contribution in [-0.4, -0.2) is 36.0 Å². The molecule has 0 saturated carbocycles. The van der Waals surface area contributed by atoms with Gasteiger partial charge in [0.15, 0.2) is 0 Å². The van der Waals surface area contributed by atoms with Crippen molar-refractivity contribution < 1.29 is 19.4 Å². The Morgan fingerprint density at radius 1 is 1.39 bits per heavy atom. The minimum atomic E-state index is -1.09. The average molecular weight is 272 g/mol. The van der Waals surface area contributed by atoms with Crippen molar-refractivity contribution in [2.24, 2.45) is 0 Å². The molecule has 1 atom stereocenters. The molecule has 0 aliphatic heterocycles. The lowest BCUT2D eigenvalue weighted by atomic mass is 10.1. The van der Waals surface area contributed by atoms with Gasteiger partial charge in [-0.15, -0.1) is 11.6 Å². The van der Waals surface area contributed by atoms with Crippen LogP contribution in [0.15, 0.2) is 24.3 Å². The fraction of sp³-hybridized carbons (Fsp3) is 0.333. The zero-order valence-electron chi connectivity index (χ0n) is 9.85. The molecule has 0 bridgehead atoms. The number of aliphatic carboxylic acids is 1. The number of benzene rings is 1. The number of amides is 1. The molecule has 5 nitrogen and oxygen atoms in total. The third-order valence-electron chi connectivity index (χ3n) is 2.35. The van der Waals surface area contributed by atoms with E-state index in [1.807, 2.05) is 0 Å². The summed E-state index contributed by atoms with van der Waals surface area (Å²) in [5, 5.41) is 11.3. The Morgan fingerprint density at radius 2 is 2.00 bits per heavy atom. The quantitative estimate of drug-likeness (QED) is 0.758. The number of carbonyl (C=O) groups excluding carboxylic acids is 1. The first-order valence-electron chi connectivity index (χ1n) is 5.28. The molecule has 1 amide bonds. The minimum absolute atomic E-state index is 0.196. The van der Waals surface area contributed by atoms with E-state index in [1.54, 1.807) is 31.4 Å². The standard InChI is InChI=1S/C12H14ClNO4/c1-18-9-4-2-8(3-5-9)6-10(12(16)17)14-11(15)7-13/h2-5,10H,6-7H2,1H3,(H,14,15)(H,16,17)/t10-/m0/s1. The largest absolute Gasteiger partial charge is 0.497 e. The Hall–Kier alpha value is -1.75. The van der Waals surface area contributed by atoms with E-state index in [0.717, 1.165) is 5.56 Å². The molecule has 0 saturated heterocycles. The number of carboxylic acid groups (broad SMARTS) is 1. The van der Waals surface area contributed by atoms with Crippen LogP contribution in [-0.2, 0) is 16.0 Å². The molecule has 0 aromatic heterocycles. The molecule has 6 heteroatoms. The molecule has 2 N–H and O–H groups in total. The van der Waals surface area contributed by atoms with Crippen molar-refractivity contribution in [3.63, 3.8) is 0 Å². The molecule has 1 rings (SSSR count). The second-order valence-corrected chi connectivity index (χ2v) is 3.91. The van der Waals surface area contributed by atoms with Crippen LogP contribution in [0.5, 0.6) is 5.75 Å². The van der Waals surface area contributed by atoms with E-state index >= 15 is 0 Å². The van der Waals surface area contributed by atoms with Crippen LogP contribution in [0.4, 0.5) is 0 Å². The first-order chi connectivity index (χ1) is 8.56. The van der Waals surface area contributed by atoms with Crippen molar-refractivity contribution in [2.75, 3.05) is 13.0 Å². The van der Waals surface area contributed by atoms with Crippen LogP contribution in [0.25, 0.3) is 0 Å². The van der Waals surface area contributed by atoms with Crippen molar-refractivity contribution in [3.05, 3.63) is 29.8 Å². The number of halogens is 1. The van der Waals surface area contributed by atoms with Crippen LogP contribution >= 0.6 is 11.6 Å². The predicted octanol–water partition coefficient (Wildman–Crippen LogP) is 1.05. The van der Waals surface area contributed by atoms with E-state index in [4.69, 9.17) is 21.4 Å². The number of ether oxygens (including phenoxy) is 1. The summed E-state index contributed by atoms with van der Waals surface area (Å²) in [5.74, 6) is -1.16. The maximum Gasteiger partial charge on any atom is 0.326 e. The van der Waals surface area contributed by atoms with Crippen molar-refractivity contribution in [1.82, 2.24) is 5.32 Å². The number of methoxy groups -OCH3 is 1. The summed E-state index contributed by atoms with van der Waals surface area (Å²) in [6.07, 6.45) is 0.196. The molecule has 98 valence electrons. The SMILES string of the molecule is COc1ccc(C[C@H](NC(=O)CCl)C(=O)O)cc1. The molecule has 0 aliphatic carbocycles. The molecule has 1 aromatic rings. The number of nitrogens with one attached hydrogen (secondary N) is 1. The van der Waals surface area contributed by atoms with Gasteiger partial charge in [-0.1, -0.05) is 12.1 Å². The summed E-state index contributed by atoms with van der Waals surface area (Å²) >= 11 is 5.32. The molecule has 0 aliphatic rings. The smallest absolute Gasteiger partial charge is 0.326 e. The third kappa shape index (κ3) is 4.25. The Balaban J connectivity index is 2.70. The van der Waals surface area contributed by atoms with Crippen molar-refractivity contribution in [2.45, 2.75) is 12.5 Å². The van der Waals surface area contributed by atoms with Crippen molar-refractivity contribution >= 4 is 23.5 Å². The zero-order chi connectivity index (χ0) is 13.5. The molecule has 18 heavy (non-hydrogen) atoms. The van der Waals surface area contributed by atoms with Gasteiger partial charge in [0, 0.05) is 6.42 Å². The normalized spacial score (nSPS) is 11.7. The van der Waals surface area contributed by atoms with Gasteiger partial charge < -0.3 is 15.2 Å². The second kappa shape index (κ2) is 6.86. The third-order valence-corrected chi connectivity index (χ3v) is 2.60. The van der Waals surface area contributed by atoms with E-state index < -0.39 is 17.9 Å². The minimum Gasteiger partial charge on any atom is -0.497 e. The predicted molar refractivity (Wildman–Crippen MR) is 67.0 cm³/mol. The van der Waals surface area contributed by atoms with Crippen molar-refractivity contribution in [3.8, 4) is 5.75 Å². The summed E-state index contributed by atoms with van der Waals surface area (Å²) in [6, 6.07) is 5.99. The lowest BCUT2D eigenvalue weighted by molar-refractivity contribution is -0.141. The second-order valence-electron chi connectivity index (χ2n) is 3.64. The summed E-state index contributed by atoms with van der Waals surface area (Å²) < 4.78 is 5.00. The summed E-state index contributed by atoms with van der Waals surface area (Å²) in [6.45, 7) is 0. The van der Waals surface area contributed by atoms with Gasteiger partial charge in [-0.25, -0.2) is 4.79 Å². The number of hydrogen-bond donors (Lipinski definition) is 2. The van der Waals surface area contributed by atoms with Crippen LogP contribution in [0.1, 0.15) is 5.56 Å². The molecule has 1 aromatic carbocycles. The first kappa shape index (κ1) is 14.3. The van der Waals surface area contributed by atoms with Gasteiger partial charge in [0.1, 0.15) is 17.7 Å². The fourth-order valence-corrected chi connectivity index (χ4v) is 1.51. The van der Waals surface area contributed by atoms with E-state index in [-0.39, 0.29) is 12.3 Å². The molecule has 0 fully saturated rings. The zero-order valence-corrected chi connectivity index (χ0v) is 10.6. The van der Waals surface area contributed by atoms with E-state index in [0.29, 0.717) is 5.75 Å². The highest BCUT2D eigenvalue weighted by atomic mass is 35.5. The highest BCUT2D eigenvalue weighted by Gasteiger charge is 2.19. The number of hydrogen-bond acceptors (Lipinski definition) is 3. The summed E-state index contributed by atoms with van der Waals surface area (Å²) in [4.78, 5) is 22.1. The van der Waals surface area contributed by atoms with Gasteiger partial charge in [0.05, 0.1) is 7.11 Å². The summed E-state index contributed by atoms with van der Waals surface area (Å²) in [5.41, 5.74) is 0.790. The lowest BCUT2D eigenvalue weighted by Crippen LogP contribution is -2.42. The molecule has 0 heterocycles. The molecular formula is C12H14ClNO4. The van der Waals surface area contributed by atoms with Crippen molar-refractivity contribution in [1.29, 1.82) is 0 Å². The van der Waals surface area contributed by atoms with E-state index in [2.05, 4.69) is 5.32 Å². The van der Waals surface area contributed by atoms with Gasteiger partial charge in [-0.3, -0.25) is 4.79 Å². The van der Waals surface area contributed by atoms with Gasteiger partial charge >= 0.3 is 5.97 Å². The molecule has 0 spiro atoms. The average Bonchev–Trinajstić information content (AvgIpc) is 2.38. The van der Waals surface area contributed by atoms with Gasteiger partial charge in [0.25, 0.3) is 0 Å². The molecular weight excluding hydrogens is 258 g/mol. The van der Waals surface area contributed by atoms with Crippen LogP contribution < -0.4 is 10.1 Å². The Morgan fingerprint density at radius 3 is 2.44 bits per heavy atom. The highest BCUT2D eigenvalue weighted by Crippen LogP contribution is 2.12. The topological polar surface area (TPSA) is 75.6 Å². The fourth-order valence-electron chi connectivity index (χ4n) is 1.43. The Kier molecular flexibility index (Phi) is 5.45. The highest BCUT2D eigenvalue weighted by molar-refractivity contribution is 6.27. The number of alkyl halides is 1. The van der Waals surface area contributed by atoms with Crippen LogP contribution in [0.2, 0.25) is 0 Å².